The van der Waals surface area contributed by atoms with Crippen LogP contribution in [-0.2, 0) is 21.8 Å². The van der Waals surface area contributed by atoms with Crippen LogP contribution < -0.4 is 0 Å². The lowest BCUT2D eigenvalue weighted by Crippen LogP contribution is -2.37. The number of esters is 1. The second kappa shape index (κ2) is 8.36. The van der Waals surface area contributed by atoms with E-state index < -0.39 is 16.0 Å². The predicted octanol–water partition coefficient (Wildman–Crippen LogP) is 3.12. The van der Waals surface area contributed by atoms with Gasteiger partial charge in [0.2, 0.25) is 10.0 Å². The number of hydrogen-bond donors (Lipinski definition) is 0. The van der Waals surface area contributed by atoms with Crippen LogP contribution in [-0.4, -0.2) is 43.0 Å². The van der Waals surface area contributed by atoms with Gasteiger partial charge < -0.3 is 9.30 Å². The minimum absolute atomic E-state index is 0.0762. The number of aromatic nitrogens is 1. The third-order valence-electron chi connectivity index (χ3n) is 4.14. The maximum atomic E-state index is 13.4. The van der Waals surface area contributed by atoms with Crippen LogP contribution in [0.4, 0.5) is 0 Å². The Balaban J connectivity index is 3.59. The Morgan fingerprint density at radius 3 is 1.96 bits per heavy atom. The van der Waals surface area contributed by atoms with Crippen LogP contribution in [0.2, 0.25) is 0 Å². The van der Waals surface area contributed by atoms with Gasteiger partial charge in [0.05, 0.1) is 6.61 Å². The molecule has 1 aromatic heterocycles. The van der Waals surface area contributed by atoms with Gasteiger partial charge in [0.15, 0.2) is 0 Å². The molecule has 0 saturated carbocycles. The van der Waals surface area contributed by atoms with E-state index in [1.54, 1.807) is 32.4 Å². The van der Waals surface area contributed by atoms with Crippen molar-refractivity contribution in [2.45, 2.75) is 53.4 Å². The van der Waals surface area contributed by atoms with Crippen molar-refractivity contribution >= 4 is 16.0 Å². The number of ether oxygens (including phenoxy) is 1. The molecule has 7 heteroatoms. The molecular formula is C18H32N2O4S. The van der Waals surface area contributed by atoms with E-state index in [0.717, 1.165) is 0 Å². The van der Waals surface area contributed by atoms with Crippen molar-refractivity contribution in [2.24, 2.45) is 18.9 Å². The Hall–Kier alpha value is -1.34. The van der Waals surface area contributed by atoms with Crippen LogP contribution in [0.1, 0.15) is 56.4 Å². The van der Waals surface area contributed by atoms with Gasteiger partial charge in [0, 0.05) is 31.5 Å². The van der Waals surface area contributed by atoms with Crippen molar-refractivity contribution in [3.05, 3.63) is 17.0 Å². The van der Waals surface area contributed by atoms with E-state index in [-0.39, 0.29) is 28.9 Å². The summed E-state index contributed by atoms with van der Waals surface area (Å²) in [6, 6.07) is 0. The third-order valence-corrected chi connectivity index (χ3v) is 6.13. The van der Waals surface area contributed by atoms with E-state index in [2.05, 4.69) is 0 Å². The first-order valence-corrected chi connectivity index (χ1v) is 10.2. The monoisotopic (exact) mass is 372 g/mol. The van der Waals surface area contributed by atoms with Gasteiger partial charge in [0.1, 0.15) is 10.5 Å². The summed E-state index contributed by atoms with van der Waals surface area (Å²) in [4.78, 5) is 12.5. The van der Waals surface area contributed by atoms with Gasteiger partial charge >= 0.3 is 5.97 Å². The maximum absolute atomic E-state index is 13.4. The van der Waals surface area contributed by atoms with Gasteiger partial charge in [0.25, 0.3) is 0 Å². The zero-order valence-electron chi connectivity index (χ0n) is 16.7. The molecule has 0 amide bonds. The first-order valence-electron chi connectivity index (χ1n) is 8.78. The second-order valence-corrected chi connectivity index (χ2v) is 9.14. The fraction of sp³-hybridized carbons (Fsp3) is 0.722. The van der Waals surface area contributed by atoms with E-state index in [1.807, 2.05) is 27.7 Å². The van der Waals surface area contributed by atoms with Crippen LogP contribution in [0.5, 0.6) is 0 Å². The molecule has 0 bridgehead atoms. The quantitative estimate of drug-likeness (QED) is 0.658. The molecule has 1 aromatic rings. The first kappa shape index (κ1) is 21.7. The van der Waals surface area contributed by atoms with Gasteiger partial charge in [-0.3, -0.25) is 0 Å². The first-order chi connectivity index (χ1) is 11.4. The van der Waals surface area contributed by atoms with Crippen molar-refractivity contribution in [1.29, 1.82) is 0 Å². The minimum atomic E-state index is -3.81. The third kappa shape index (κ3) is 4.64. The number of carbonyl (C=O) groups excluding carboxylic acids is 1. The summed E-state index contributed by atoms with van der Waals surface area (Å²) >= 11 is 0. The molecule has 0 saturated heterocycles. The zero-order chi connectivity index (χ0) is 19.5. The highest BCUT2D eigenvalue weighted by molar-refractivity contribution is 7.89. The van der Waals surface area contributed by atoms with E-state index >= 15 is 0 Å². The lowest BCUT2D eigenvalue weighted by Gasteiger charge is -2.26. The van der Waals surface area contributed by atoms with Gasteiger partial charge in [-0.05, 0) is 32.6 Å². The Labute approximate surface area is 152 Å². The van der Waals surface area contributed by atoms with Crippen LogP contribution in [0.3, 0.4) is 0 Å². The lowest BCUT2D eigenvalue weighted by atomic mass is 10.2. The molecule has 0 spiro atoms. The lowest BCUT2D eigenvalue weighted by molar-refractivity contribution is 0.0521. The Bertz CT molecular complexity index is 708. The zero-order valence-corrected chi connectivity index (χ0v) is 17.5. The Kier molecular flexibility index (Phi) is 7.26. The Morgan fingerprint density at radius 2 is 1.56 bits per heavy atom. The minimum Gasteiger partial charge on any atom is -0.462 e. The maximum Gasteiger partial charge on any atom is 0.341 e. The largest absolute Gasteiger partial charge is 0.462 e. The SMILES string of the molecule is CCOC(=O)c1c(S(=O)(=O)N(CC(C)C)CC(C)C)c(C)n(C)c1C. The molecule has 6 nitrogen and oxygen atoms in total. The smallest absolute Gasteiger partial charge is 0.341 e. The fourth-order valence-electron chi connectivity index (χ4n) is 2.89. The van der Waals surface area contributed by atoms with Crippen LogP contribution in [0.25, 0.3) is 0 Å². The van der Waals surface area contributed by atoms with Crippen LogP contribution in [0.15, 0.2) is 4.90 Å². The summed E-state index contributed by atoms with van der Waals surface area (Å²) in [5.41, 5.74) is 1.31. The Morgan fingerprint density at radius 1 is 1.08 bits per heavy atom. The molecule has 0 aliphatic carbocycles. The highest BCUT2D eigenvalue weighted by Gasteiger charge is 2.35. The molecule has 25 heavy (non-hydrogen) atoms. The number of sulfonamides is 1. The van der Waals surface area contributed by atoms with Crippen molar-refractivity contribution in [3.63, 3.8) is 0 Å². The molecule has 0 atom stereocenters. The summed E-state index contributed by atoms with van der Waals surface area (Å²) in [5.74, 6) is -0.217. The fourth-order valence-corrected chi connectivity index (χ4v) is 5.14. The number of rotatable bonds is 8. The summed E-state index contributed by atoms with van der Waals surface area (Å²) in [7, 11) is -2.04. The number of hydrogen-bond acceptors (Lipinski definition) is 4. The van der Waals surface area contributed by atoms with Gasteiger partial charge in [-0.15, -0.1) is 0 Å². The average Bonchev–Trinajstić information content (AvgIpc) is 2.70. The van der Waals surface area contributed by atoms with E-state index in [1.165, 1.54) is 4.31 Å². The standard InChI is InChI=1S/C18H32N2O4S/c1-9-24-18(21)16-14(6)19(8)15(7)17(16)25(22,23)20(10-12(2)3)11-13(4)5/h12-13H,9-11H2,1-8H3. The van der Waals surface area contributed by atoms with Crippen molar-refractivity contribution in [3.8, 4) is 0 Å². The van der Waals surface area contributed by atoms with E-state index in [4.69, 9.17) is 4.74 Å². The number of carbonyl (C=O) groups is 1. The van der Waals surface area contributed by atoms with Crippen LogP contribution in [0, 0.1) is 25.7 Å². The summed E-state index contributed by atoms with van der Waals surface area (Å²) < 4.78 is 35.2. The van der Waals surface area contributed by atoms with Gasteiger partial charge in [-0.1, -0.05) is 27.7 Å². The molecule has 0 fully saturated rings. The average molecular weight is 373 g/mol. The van der Waals surface area contributed by atoms with Crippen molar-refractivity contribution in [1.82, 2.24) is 8.87 Å². The number of nitrogens with zero attached hydrogens (tertiary/aromatic N) is 2. The molecule has 0 aromatic carbocycles. The van der Waals surface area contributed by atoms with E-state index in [0.29, 0.717) is 24.5 Å². The molecule has 0 N–H and O–H groups in total. The van der Waals surface area contributed by atoms with Crippen molar-refractivity contribution in [2.75, 3.05) is 19.7 Å². The molecule has 0 unspecified atom stereocenters. The highest BCUT2D eigenvalue weighted by Crippen LogP contribution is 2.30. The highest BCUT2D eigenvalue weighted by atomic mass is 32.2. The van der Waals surface area contributed by atoms with Crippen molar-refractivity contribution < 1.29 is 17.9 Å². The molecule has 0 aliphatic heterocycles. The summed E-state index contributed by atoms with van der Waals surface area (Å²) in [5, 5.41) is 0. The van der Waals surface area contributed by atoms with Crippen LogP contribution >= 0.6 is 0 Å². The predicted molar refractivity (Wildman–Crippen MR) is 99.3 cm³/mol. The normalized spacial score (nSPS) is 12.4. The second-order valence-electron chi connectivity index (χ2n) is 7.26. The topological polar surface area (TPSA) is 68.6 Å². The summed E-state index contributed by atoms with van der Waals surface area (Å²) in [6.45, 7) is 14.1. The molecule has 1 rings (SSSR count). The molecular weight excluding hydrogens is 340 g/mol. The molecule has 144 valence electrons. The molecule has 1 heterocycles. The van der Waals surface area contributed by atoms with Gasteiger partial charge in [-0.25, -0.2) is 13.2 Å². The molecule has 0 aliphatic rings. The van der Waals surface area contributed by atoms with E-state index in [9.17, 15) is 13.2 Å². The van der Waals surface area contributed by atoms with Gasteiger partial charge in [-0.2, -0.15) is 4.31 Å². The molecule has 0 radical (unpaired) electrons. The summed E-state index contributed by atoms with van der Waals surface area (Å²) in [6.07, 6.45) is 0.